The van der Waals surface area contributed by atoms with Crippen molar-refractivity contribution < 1.29 is 9.53 Å². The molecule has 20 heavy (non-hydrogen) atoms. The van der Waals surface area contributed by atoms with E-state index < -0.39 is 5.54 Å². The second-order valence-corrected chi connectivity index (χ2v) is 5.37. The average molecular weight is 319 g/mol. The molecule has 0 spiro atoms. The monoisotopic (exact) mass is 318 g/mol. The Labute approximate surface area is 130 Å². The van der Waals surface area contributed by atoms with Crippen LogP contribution in [-0.2, 0) is 11.3 Å². The molecule has 0 saturated heterocycles. The van der Waals surface area contributed by atoms with Gasteiger partial charge in [0.2, 0.25) is 5.91 Å². The predicted molar refractivity (Wildman–Crippen MR) is 82.5 cm³/mol. The minimum atomic E-state index is -0.714. The summed E-state index contributed by atoms with van der Waals surface area (Å²) in [6.45, 7) is 0.334. The molecule has 1 fully saturated rings. The molecule has 0 unspecified atom stereocenters. The molecule has 1 aromatic carbocycles. The molecule has 0 bridgehead atoms. The molecule has 0 radical (unpaired) electrons. The summed E-state index contributed by atoms with van der Waals surface area (Å²) in [7, 11) is 1.58. The molecule has 6 heteroatoms. The normalized spacial score (nSPS) is 16.4. The topological polar surface area (TPSA) is 64.3 Å². The van der Waals surface area contributed by atoms with E-state index in [1.54, 1.807) is 13.2 Å². The smallest absolute Gasteiger partial charge is 0.240 e. The van der Waals surface area contributed by atoms with E-state index in [-0.39, 0.29) is 18.3 Å². The van der Waals surface area contributed by atoms with Crippen molar-refractivity contribution in [2.24, 2.45) is 5.73 Å². The number of benzene rings is 1. The van der Waals surface area contributed by atoms with Crippen molar-refractivity contribution in [3.05, 3.63) is 28.8 Å². The summed E-state index contributed by atoms with van der Waals surface area (Å²) in [4.78, 5) is 12.1. The lowest BCUT2D eigenvalue weighted by atomic mass is 9.98. The van der Waals surface area contributed by atoms with Gasteiger partial charge in [0.05, 0.1) is 12.6 Å². The number of ether oxygens (including phenoxy) is 1. The van der Waals surface area contributed by atoms with Gasteiger partial charge in [-0.15, -0.1) is 12.4 Å². The van der Waals surface area contributed by atoms with E-state index in [2.05, 4.69) is 5.32 Å². The minimum Gasteiger partial charge on any atom is -0.496 e. The Morgan fingerprint density at radius 2 is 2.10 bits per heavy atom. The first-order valence-corrected chi connectivity index (χ1v) is 6.83. The Morgan fingerprint density at radius 3 is 2.70 bits per heavy atom. The fourth-order valence-corrected chi connectivity index (χ4v) is 2.71. The minimum absolute atomic E-state index is 0. The van der Waals surface area contributed by atoms with Crippen molar-refractivity contribution in [3.8, 4) is 5.75 Å². The van der Waals surface area contributed by atoms with Crippen LogP contribution in [0.1, 0.15) is 31.2 Å². The van der Waals surface area contributed by atoms with Gasteiger partial charge in [0.15, 0.2) is 0 Å². The molecule has 1 aromatic rings. The highest BCUT2D eigenvalue weighted by Gasteiger charge is 2.36. The highest BCUT2D eigenvalue weighted by molar-refractivity contribution is 6.31. The molecule has 2 rings (SSSR count). The molecule has 0 aromatic heterocycles. The van der Waals surface area contributed by atoms with Crippen LogP contribution >= 0.6 is 24.0 Å². The summed E-state index contributed by atoms with van der Waals surface area (Å²) in [6, 6.07) is 5.41. The number of nitrogens with one attached hydrogen (secondary N) is 1. The molecule has 1 aliphatic carbocycles. The van der Waals surface area contributed by atoms with E-state index in [0.717, 1.165) is 31.2 Å². The zero-order valence-electron chi connectivity index (χ0n) is 11.4. The van der Waals surface area contributed by atoms with Gasteiger partial charge >= 0.3 is 0 Å². The van der Waals surface area contributed by atoms with E-state index in [4.69, 9.17) is 22.1 Å². The lowest BCUT2D eigenvalue weighted by Crippen LogP contribution is -2.51. The van der Waals surface area contributed by atoms with Crippen LogP contribution in [0.3, 0.4) is 0 Å². The number of hydrogen-bond acceptors (Lipinski definition) is 3. The van der Waals surface area contributed by atoms with Gasteiger partial charge in [0, 0.05) is 17.1 Å². The Kier molecular flexibility index (Phi) is 6.11. The van der Waals surface area contributed by atoms with E-state index >= 15 is 0 Å². The second kappa shape index (κ2) is 7.16. The first kappa shape index (κ1) is 17.1. The summed E-state index contributed by atoms with van der Waals surface area (Å²) in [6.07, 6.45) is 3.52. The number of methoxy groups -OCH3 is 1. The summed E-state index contributed by atoms with van der Waals surface area (Å²) in [5, 5.41) is 3.45. The SMILES string of the molecule is COc1cccc(Cl)c1CNC(=O)C1(N)CCCC1.Cl. The van der Waals surface area contributed by atoms with Gasteiger partial charge in [0.1, 0.15) is 5.75 Å². The molecule has 1 amide bonds. The Bertz CT molecular complexity index is 474. The lowest BCUT2D eigenvalue weighted by Gasteiger charge is -2.22. The first-order chi connectivity index (χ1) is 9.07. The van der Waals surface area contributed by atoms with E-state index in [1.807, 2.05) is 12.1 Å². The van der Waals surface area contributed by atoms with Gasteiger partial charge in [-0.05, 0) is 25.0 Å². The van der Waals surface area contributed by atoms with Crippen LogP contribution in [0, 0.1) is 0 Å². The third kappa shape index (κ3) is 3.57. The summed E-state index contributed by atoms with van der Waals surface area (Å²) in [5.41, 5.74) is 6.16. The maximum atomic E-state index is 12.1. The van der Waals surface area contributed by atoms with Gasteiger partial charge in [-0.25, -0.2) is 0 Å². The van der Waals surface area contributed by atoms with Crippen molar-refractivity contribution in [3.63, 3.8) is 0 Å². The van der Waals surface area contributed by atoms with Crippen molar-refractivity contribution in [1.29, 1.82) is 0 Å². The van der Waals surface area contributed by atoms with E-state index in [9.17, 15) is 4.79 Å². The standard InChI is InChI=1S/C14H19ClN2O2.ClH/c1-19-12-6-4-5-11(15)10(12)9-17-13(18)14(16)7-2-3-8-14;/h4-6H,2-3,7-9,16H2,1H3,(H,17,18);1H. The number of amides is 1. The van der Waals surface area contributed by atoms with Gasteiger partial charge < -0.3 is 15.8 Å². The second-order valence-electron chi connectivity index (χ2n) is 4.97. The van der Waals surface area contributed by atoms with Crippen LogP contribution in [0.5, 0.6) is 5.75 Å². The largest absolute Gasteiger partial charge is 0.496 e. The third-order valence-electron chi connectivity index (χ3n) is 3.67. The molecule has 4 nitrogen and oxygen atoms in total. The van der Waals surface area contributed by atoms with E-state index in [1.165, 1.54) is 0 Å². The zero-order valence-corrected chi connectivity index (χ0v) is 13.0. The van der Waals surface area contributed by atoms with Crippen molar-refractivity contribution in [2.45, 2.75) is 37.8 Å². The fourth-order valence-electron chi connectivity index (χ4n) is 2.48. The fraction of sp³-hybridized carbons (Fsp3) is 0.500. The summed E-state index contributed by atoms with van der Waals surface area (Å²) >= 11 is 6.12. The number of carbonyl (C=O) groups excluding carboxylic acids is 1. The van der Waals surface area contributed by atoms with Crippen molar-refractivity contribution in [1.82, 2.24) is 5.32 Å². The lowest BCUT2D eigenvalue weighted by molar-refractivity contribution is -0.126. The average Bonchev–Trinajstić information content (AvgIpc) is 2.85. The maximum absolute atomic E-state index is 12.1. The molecule has 0 heterocycles. The molecule has 3 N–H and O–H groups in total. The summed E-state index contributed by atoms with van der Waals surface area (Å²) in [5.74, 6) is 0.567. The number of carbonyl (C=O) groups is 1. The molecule has 112 valence electrons. The molecular weight excluding hydrogens is 299 g/mol. The first-order valence-electron chi connectivity index (χ1n) is 6.45. The van der Waals surface area contributed by atoms with E-state index in [0.29, 0.717) is 17.3 Å². The third-order valence-corrected chi connectivity index (χ3v) is 4.02. The number of halogens is 2. The zero-order chi connectivity index (χ0) is 13.9. The maximum Gasteiger partial charge on any atom is 0.240 e. The highest BCUT2D eigenvalue weighted by Crippen LogP contribution is 2.29. The van der Waals surface area contributed by atoms with Gasteiger partial charge in [-0.1, -0.05) is 30.5 Å². The molecule has 0 aliphatic heterocycles. The summed E-state index contributed by atoms with van der Waals surface area (Å²) < 4.78 is 5.24. The molecule has 0 atom stereocenters. The van der Waals surface area contributed by atoms with Crippen LogP contribution in [0.15, 0.2) is 18.2 Å². The number of hydrogen-bond donors (Lipinski definition) is 2. The number of nitrogens with two attached hydrogens (primary N) is 1. The molecule has 1 saturated carbocycles. The Morgan fingerprint density at radius 1 is 1.45 bits per heavy atom. The quantitative estimate of drug-likeness (QED) is 0.897. The Hall–Kier alpha value is -0.970. The van der Waals surface area contributed by atoms with Crippen LogP contribution < -0.4 is 15.8 Å². The highest BCUT2D eigenvalue weighted by atomic mass is 35.5. The van der Waals surface area contributed by atoms with Crippen LogP contribution in [-0.4, -0.2) is 18.6 Å². The van der Waals surface area contributed by atoms with Gasteiger partial charge in [0.25, 0.3) is 0 Å². The van der Waals surface area contributed by atoms with Crippen molar-refractivity contribution >= 4 is 29.9 Å². The van der Waals surface area contributed by atoms with Gasteiger partial charge in [-0.2, -0.15) is 0 Å². The van der Waals surface area contributed by atoms with Crippen LogP contribution in [0.2, 0.25) is 5.02 Å². The van der Waals surface area contributed by atoms with Crippen LogP contribution in [0.25, 0.3) is 0 Å². The predicted octanol–water partition coefficient (Wildman–Crippen LogP) is 2.66. The van der Waals surface area contributed by atoms with Crippen molar-refractivity contribution in [2.75, 3.05) is 7.11 Å². The van der Waals surface area contributed by atoms with Crippen LogP contribution in [0.4, 0.5) is 0 Å². The molecule has 1 aliphatic rings. The number of rotatable bonds is 4. The Balaban J connectivity index is 0.00000200. The molecular formula is C14H20Cl2N2O2. The van der Waals surface area contributed by atoms with Gasteiger partial charge in [-0.3, -0.25) is 4.79 Å².